The molecule has 1 aliphatic rings. The second-order valence-corrected chi connectivity index (χ2v) is 5.47. The number of hydrogen-bond acceptors (Lipinski definition) is 3. The standard InChI is InChI=1S/C15H20FNO3/c1-15(19)7-3-8-17(11-15)14(18)6-9-20-13-5-2-4-12(16)10-13/h2,4-5,10,19H,3,6-9,11H2,1H3. The molecule has 20 heavy (non-hydrogen) atoms. The number of carbonyl (C=O) groups is 1. The molecular formula is C15H20FNO3. The molecule has 0 aromatic heterocycles. The SMILES string of the molecule is CC1(O)CCCN(C(=O)CCOc2cccc(F)c2)C1. The zero-order valence-corrected chi connectivity index (χ0v) is 11.6. The van der Waals surface area contributed by atoms with Crippen LogP contribution >= 0.6 is 0 Å². The summed E-state index contributed by atoms with van der Waals surface area (Å²) >= 11 is 0. The molecule has 1 fully saturated rings. The van der Waals surface area contributed by atoms with E-state index in [4.69, 9.17) is 4.74 Å². The molecule has 1 amide bonds. The molecule has 1 aromatic rings. The fourth-order valence-electron chi connectivity index (χ4n) is 2.40. The first-order valence-corrected chi connectivity index (χ1v) is 6.85. The summed E-state index contributed by atoms with van der Waals surface area (Å²) in [6.45, 7) is 3.00. The summed E-state index contributed by atoms with van der Waals surface area (Å²) < 4.78 is 18.3. The van der Waals surface area contributed by atoms with E-state index in [0.29, 0.717) is 18.8 Å². The maximum absolute atomic E-state index is 12.9. The van der Waals surface area contributed by atoms with Crippen LogP contribution in [-0.4, -0.2) is 41.2 Å². The molecule has 0 radical (unpaired) electrons. The number of hydrogen-bond donors (Lipinski definition) is 1. The lowest BCUT2D eigenvalue weighted by atomic mass is 9.95. The Bertz CT molecular complexity index is 476. The van der Waals surface area contributed by atoms with Gasteiger partial charge in [-0.1, -0.05) is 6.07 Å². The fourth-order valence-corrected chi connectivity index (χ4v) is 2.40. The first kappa shape index (κ1) is 14.8. The Kier molecular flexibility index (Phi) is 4.60. The van der Waals surface area contributed by atoms with Crippen LogP contribution < -0.4 is 4.74 Å². The van der Waals surface area contributed by atoms with Gasteiger partial charge in [0, 0.05) is 19.2 Å². The number of likely N-dealkylation sites (tertiary alicyclic amines) is 1. The van der Waals surface area contributed by atoms with Gasteiger partial charge < -0.3 is 14.7 Å². The van der Waals surface area contributed by atoms with Crippen LogP contribution in [0.2, 0.25) is 0 Å². The summed E-state index contributed by atoms with van der Waals surface area (Å²) in [4.78, 5) is 13.7. The molecule has 4 nitrogen and oxygen atoms in total. The van der Waals surface area contributed by atoms with Crippen LogP contribution in [0.15, 0.2) is 24.3 Å². The third-order valence-corrected chi connectivity index (χ3v) is 3.41. The number of rotatable bonds is 4. The van der Waals surface area contributed by atoms with Gasteiger partial charge >= 0.3 is 0 Å². The third-order valence-electron chi connectivity index (χ3n) is 3.41. The van der Waals surface area contributed by atoms with Crippen molar-refractivity contribution in [2.45, 2.75) is 31.8 Å². The van der Waals surface area contributed by atoms with E-state index < -0.39 is 5.60 Å². The van der Waals surface area contributed by atoms with E-state index in [0.717, 1.165) is 12.8 Å². The van der Waals surface area contributed by atoms with Crippen LogP contribution in [0.4, 0.5) is 4.39 Å². The summed E-state index contributed by atoms with van der Waals surface area (Å²) in [6.07, 6.45) is 1.76. The lowest BCUT2D eigenvalue weighted by Crippen LogP contribution is -2.48. The molecule has 0 aliphatic carbocycles. The van der Waals surface area contributed by atoms with Crippen LogP contribution in [-0.2, 0) is 4.79 Å². The van der Waals surface area contributed by atoms with Crippen molar-refractivity contribution < 1.29 is 19.0 Å². The minimum Gasteiger partial charge on any atom is -0.493 e. The van der Waals surface area contributed by atoms with Crippen molar-refractivity contribution in [1.29, 1.82) is 0 Å². The van der Waals surface area contributed by atoms with Crippen molar-refractivity contribution in [3.8, 4) is 5.75 Å². The zero-order valence-electron chi connectivity index (χ0n) is 11.6. The number of nitrogens with zero attached hydrogens (tertiary/aromatic N) is 1. The first-order chi connectivity index (χ1) is 9.46. The summed E-state index contributed by atoms with van der Waals surface area (Å²) in [5, 5.41) is 9.96. The molecule has 110 valence electrons. The largest absolute Gasteiger partial charge is 0.493 e. The summed E-state index contributed by atoms with van der Waals surface area (Å²) in [6, 6.07) is 5.84. The second-order valence-electron chi connectivity index (χ2n) is 5.47. The molecule has 0 saturated carbocycles. The van der Waals surface area contributed by atoms with Gasteiger partial charge in [-0.25, -0.2) is 4.39 Å². The highest BCUT2D eigenvalue weighted by Crippen LogP contribution is 2.20. The minimum atomic E-state index is -0.794. The van der Waals surface area contributed by atoms with E-state index in [9.17, 15) is 14.3 Å². The Hall–Kier alpha value is -1.62. The number of aliphatic hydroxyl groups is 1. The average molecular weight is 281 g/mol. The molecule has 5 heteroatoms. The maximum Gasteiger partial charge on any atom is 0.226 e. The highest BCUT2D eigenvalue weighted by atomic mass is 19.1. The number of piperidine rings is 1. The smallest absolute Gasteiger partial charge is 0.226 e. The Balaban J connectivity index is 1.78. The average Bonchev–Trinajstić information content (AvgIpc) is 2.37. The molecule has 1 N–H and O–H groups in total. The molecule has 1 atom stereocenters. The molecule has 1 aromatic carbocycles. The van der Waals surface area contributed by atoms with Gasteiger partial charge in [0.05, 0.1) is 18.6 Å². The van der Waals surface area contributed by atoms with Crippen molar-refractivity contribution in [3.05, 3.63) is 30.1 Å². The predicted octanol–water partition coefficient (Wildman–Crippen LogP) is 1.97. The normalized spacial score (nSPS) is 22.6. The van der Waals surface area contributed by atoms with Crippen LogP contribution in [0, 0.1) is 5.82 Å². The molecule has 2 rings (SSSR count). The van der Waals surface area contributed by atoms with Crippen molar-refractivity contribution in [3.63, 3.8) is 0 Å². The topological polar surface area (TPSA) is 49.8 Å². The van der Waals surface area contributed by atoms with Crippen molar-refractivity contribution in [1.82, 2.24) is 4.90 Å². The highest BCUT2D eigenvalue weighted by Gasteiger charge is 2.30. The third kappa shape index (κ3) is 4.20. The molecule has 1 heterocycles. The predicted molar refractivity (Wildman–Crippen MR) is 72.9 cm³/mol. The van der Waals surface area contributed by atoms with E-state index in [-0.39, 0.29) is 24.8 Å². The second kappa shape index (κ2) is 6.22. The van der Waals surface area contributed by atoms with Crippen LogP contribution in [0.25, 0.3) is 0 Å². The van der Waals surface area contributed by atoms with E-state index in [2.05, 4.69) is 0 Å². The van der Waals surface area contributed by atoms with Crippen molar-refractivity contribution in [2.24, 2.45) is 0 Å². The maximum atomic E-state index is 12.9. The van der Waals surface area contributed by atoms with Gasteiger partial charge in [-0.3, -0.25) is 4.79 Å². The van der Waals surface area contributed by atoms with Gasteiger partial charge in [-0.2, -0.15) is 0 Å². The highest BCUT2D eigenvalue weighted by molar-refractivity contribution is 5.76. The van der Waals surface area contributed by atoms with Gasteiger partial charge in [-0.05, 0) is 31.9 Å². The molecule has 1 saturated heterocycles. The van der Waals surface area contributed by atoms with E-state index in [1.165, 1.54) is 12.1 Å². The van der Waals surface area contributed by atoms with E-state index in [1.54, 1.807) is 24.0 Å². The Labute approximate surface area is 118 Å². The molecule has 0 bridgehead atoms. The van der Waals surface area contributed by atoms with Gasteiger partial charge in [0.15, 0.2) is 0 Å². The fraction of sp³-hybridized carbons (Fsp3) is 0.533. The number of β-amino-alcohol motifs (C(OH)–C–C–N with tert-alkyl or cyclic N) is 1. The summed E-state index contributed by atoms with van der Waals surface area (Å²) in [7, 11) is 0. The van der Waals surface area contributed by atoms with Crippen LogP contribution in [0.3, 0.4) is 0 Å². The van der Waals surface area contributed by atoms with E-state index >= 15 is 0 Å². The number of carbonyl (C=O) groups excluding carboxylic acids is 1. The van der Waals surface area contributed by atoms with Gasteiger partial charge in [-0.15, -0.1) is 0 Å². The van der Waals surface area contributed by atoms with Crippen molar-refractivity contribution >= 4 is 5.91 Å². The van der Waals surface area contributed by atoms with Crippen LogP contribution in [0.1, 0.15) is 26.2 Å². The zero-order chi connectivity index (χ0) is 14.6. The van der Waals surface area contributed by atoms with Crippen LogP contribution in [0.5, 0.6) is 5.75 Å². The Morgan fingerprint density at radius 2 is 2.35 bits per heavy atom. The number of halogens is 1. The van der Waals surface area contributed by atoms with Gasteiger partial charge in [0.1, 0.15) is 11.6 Å². The lowest BCUT2D eigenvalue weighted by Gasteiger charge is -2.36. The lowest BCUT2D eigenvalue weighted by molar-refractivity contribution is -0.138. The van der Waals surface area contributed by atoms with Gasteiger partial charge in [0.25, 0.3) is 0 Å². The monoisotopic (exact) mass is 281 g/mol. The first-order valence-electron chi connectivity index (χ1n) is 6.85. The Morgan fingerprint density at radius 3 is 3.05 bits per heavy atom. The molecule has 1 aliphatic heterocycles. The Morgan fingerprint density at radius 1 is 1.55 bits per heavy atom. The molecular weight excluding hydrogens is 261 g/mol. The molecule has 1 unspecified atom stereocenters. The molecule has 0 spiro atoms. The quantitative estimate of drug-likeness (QED) is 0.918. The summed E-state index contributed by atoms with van der Waals surface area (Å²) in [5.41, 5.74) is -0.794. The summed E-state index contributed by atoms with van der Waals surface area (Å²) in [5.74, 6) is 0.0192. The number of benzene rings is 1. The van der Waals surface area contributed by atoms with E-state index in [1.807, 2.05) is 0 Å². The number of ether oxygens (including phenoxy) is 1. The number of amides is 1. The van der Waals surface area contributed by atoms with Crippen molar-refractivity contribution in [2.75, 3.05) is 19.7 Å². The van der Waals surface area contributed by atoms with Gasteiger partial charge in [0.2, 0.25) is 5.91 Å². The minimum absolute atomic E-state index is 0.0404.